The van der Waals surface area contributed by atoms with Crippen molar-refractivity contribution in [2.75, 3.05) is 0 Å². The van der Waals surface area contributed by atoms with Gasteiger partial charge >= 0.3 is 6.18 Å². The lowest BCUT2D eigenvalue weighted by atomic mass is 9.78. The first kappa shape index (κ1) is 20.7. The Hall–Kier alpha value is -2.02. The Balaban J connectivity index is 2.17. The lowest BCUT2D eigenvalue weighted by Crippen LogP contribution is -2.47. The van der Waals surface area contributed by atoms with Crippen molar-refractivity contribution in [3.8, 4) is 5.69 Å². The van der Waals surface area contributed by atoms with Gasteiger partial charge in [-0.05, 0) is 36.8 Å². The van der Waals surface area contributed by atoms with Gasteiger partial charge in [0.1, 0.15) is 0 Å². The van der Waals surface area contributed by atoms with E-state index >= 15 is 0 Å². The first-order chi connectivity index (χ1) is 13.1. The second kappa shape index (κ2) is 7.43. The van der Waals surface area contributed by atoms with Gasteiger partial charge in [-0.3, -0.25) is 0 Å². The summed E-state index contributed by atoms with van der Waals surface area (Å²) in [6, 6.07) is 12.9. The number of nitrogens with zero attached hydrogens (tertiary/aromatic N) is 2. The first-order valence-electron chi connectivity index (χ1n) is 8.42. The Morgan fingerprint density at radius 1 is 1.07 bits per heavy atom. The van der Waals surface area contributed by atoms with E-state index in [4.69, 9.17) is 23.2 Å². The largest absolute Gasteiger partial charge is 0.422 e. The molecule has 3 aromatic rings. The maximum absolute atomic E-state index is 14.2. The molecule has 2 unspecified atom stereocenters. The molecule has 3 nitrogen and oxygen atoms in total. The van der Waals surface area contributed by atoms with Crippen LogP contribution in [0.3, 0.4) is 0 Å². The molecule has 1 aromatic heterocycles. The number of aromatic nitrogens is 2. The van der Waals surface area contributed by atoms with Crippen molar-refractivity contribution in [1.29, 1.82) is 0 Å². The third-order valence-electron chi connectivity index (χ3n) is 4.91. The normalized spacial score (nSPS) is 15.3. The quantitative estimate of drug-likeness (QED) is 0.549. The molecule has 148 valence electrons. The third kappa shape index (κ3) is 3.41. The van der Waals surface area contributed by atoms with E-state index in [-0.39, 0.29) is 21.8 Å². The van der Waals surface area contributed by atoms with E-state index in [1.54, 1.807) is 30.3 Å². The van der Waals surface area contributed by atoms with Crippen LogP contribution < -0.4 is 0 Å². The molecule has 28 heavy (non-hydrogen) atoms. The highest BCUT2D eigenvalue weighted by Crippen LogP contribution is 2.50. The molecule has 2 aromatic carbocycles. The van der Waals surface area contributed by atoms with E-state index in [0.717, 1.165) is 6.20 Å². The summed E-state index contributed by atoms with van der Waals surface area (Å²) in [5.41, 5.74) is -2.61. The fraction of sp³-hybridized carbons (Fsp3) is 0.250. The summed E-state index contributed by atoms with van der Waals surface area (Å²) in [6.07, 6.45) is -3.92. The van der Waals surface area contributed by atoms with Gasteiger partial charge in [-0.15, -0.1) is 0 Å². The minimum atomic E-state index is -4.97. The number of rotatable bonds is 4. The lowest BCUT2D eigenvalue weighted by Gasteiger charge is -2.36. The predicted molar refractivity (Wildman–Crippen MR) is 103 cm³/mol. The van der Waals surface area contributed by atoms with Crippen LogP contribution in [0, 0.1) is 6.92 Å². The summed E-state index contributed by atoms with van der Waals surface area (Å²) in [6.45, 7) is 2.77. The summed E-state index contributed by atoms with van der Waals surface area (Å²) in [5, 5.41) is 15.4. The van der Waals surface area contributed by atoms with E-state index in [1.165, 1.54) is 36.7 Å². The van der Waals surface area contributed by atoms with Gasteiger partial charge in [0.05, 0.1) is 11.9 Å². The van der Waals surface area contributed by atoms with Crippen molar-refractivity contribution >= 4 is 23.2 Å². The Bertz CT molecular complexity index is 989. The van der Waals surface area contributed by atoms with E-state index < -0.39 is 17.7 Å². The van der Waals surface area contributed by atoms with Gasteiger partial charge in [-0.25, -0.2) is 4.68 Å². The summed E-state index contributed by atoms with van der Waals surface area (Å²) in [4.78, 5) is 0. The van der Waals surface area contributed by atoms with E-state index in [0.29, 0.717) is 10.7 Å². The standard InChI is InChI=1S/C20H17Cl2F3N2O/c1-12(16-9-8-14(21)10-18(16)22)19(28,20(23,24)25)17-11-26-27(13(17)2)15-6-4-3-5-7-15/h3-12,28H,1-2H3. The fourth-order valence-electron chi connectivity index (χ4n) is 3.32. The fourth-order valence-corrected chi connectivity index (χ4v) is 3.89. The molecule has 8 heteroatoms. The zero-order valence-electron chi connectivity index (χ0n) is 15.0. The molecular formula is C20H17Cl2F3N2O. The molecule has 0 aliphatic carbocycles. The van der Waals surface area contributed by atoms with Crippen LogP contribution in [-0.2, 0) is 5.60 Å². The van der Waals surface area contributed by atoms with Crippen molar-refractivity contribution in [2.45, 2.75) is 31.5 Å². The van der Waals surface area contributed by atoms with Crippen molar-refractivity contribution in [2.24, 2.45) is 0 Å². The van der Waals surface area contributed by atoms with Crippen LogP contribution in [0.1, 0.15) is 29.7 Å². The minimum Gasteiger partial charge on any atom is -0.376 e. The van der Waals surface area contributed by atoms with Gasteiger partial charge in [0.15, 0.2) is 5.60 Å². The lowest BCUT2D eigenvalue weighted by molar-refractivity contribution is -0.274. The number of para-hydroxylation sites is 1. The topological polar surface area (TPSA) is 38.1 Å². The molecule has 0 aliphatic rings. The van der Waals surface area contributed by atoms with Gasteiger partial charge in [0.25, 0.3) is 0 Å². The molecule has 0 saturated heterocycles. The average molecular weight is 429 g/mol. The molecule has 0 amide bonds. The zero-order valence-corrected chi connectivity index (χ0v) is 16.5. The van der Waals surface area contributed by atoms with Crippen LogP contribution in [0.5, 0.6) is 0 Å². The number of alkyl halides is 3. The molecule has 0 fully saturated rings. The molecule has 0 bridgehead atoms. The molecule has 1 heterocycles. The highest BCUT2D eigenvalue weighted by Gasteiger charge is 2.60. The number of aliphatic hydroxyl groups is 1. The summed E-state index contributed by atoms with van der Waals surface area (Å²) < 4.78 is 43.9. The molecule has 2 atom stereocenters. The van der Waals surface area contributed by atoms with Crippen LogP contribution in [-0.4, -0.2) is 21.1 Å². The molecule has 0 saturated carbocycles. The molecule has 3 rings (SSSR count). The number of hydrogen-bond acceptors (Lipinski definition) is 2. The van der Waals surface area contributed by atoms with Crippen LogP contribution in [0.2, 0.25) is 10.0 Å². The Morgan fingerprint density at radius 3 is 2.29 bits per heavy atom. The smallest absolute Gasteiger partial charge is 0.376 e. The van der Waals surface area contributed by atoms with Gasteiger partial charge in [-0.1, -0.05) is 54.4 Å². The first-order valence-corrected chi connectivity index (χ1v) is 9.17. The molecular weight excluding hydrogens is 412 g/mol. The number of halogens is 5. The molecule has 0 spiro atoms. The van der Waals surface area contributed by atoms with Crippen molar-refractivity contribution < 1.29 is 18.3 Å². The SMILES string of the molecule is Cc1c(C(O)(C(C)c2ccc(Cl)cc2Cl)C(F)(F)F)cnn1-c1ccccc1. The van der Waals surface area contributed by atoms with Crippen molar-refractivity contribution in [1.82, 2.24) is 9.78 Å². The van der Waals surface area contributed by atoms with Crippen LogP contribution >= 0.6 is 23.2 Å². The molecule has 0 aliphatic heterocycles. The van der Waals surface area contributed by atoms with E-state index in [9.17, 15) is 18.3 Å². The summed E-state index contributed by atoms with van der Waals surface area (Å²) >= 11 is 12.0. The highest BCUT2D eigenvalue weighted by atomic mass is 35.5. The second-order valence-corrected chi connectivity index (χ2v) is 7.39. The summed E-state index contributed by atoms with van der Waals surface area (Å²) in [5.74, 6) is -1.40. The third-order valence-corrected chi connectivity index (χ3v) is 5.47. The Labute approximate surface area is 170 Å². The van der Waals surface area contributed by atoms with Crippen LogP contribution in [0.25, 0.3) is 5.69 Å². The molecule has 1 N–H and O–H groups in total. The monoisotopic (exact) mass is 428 g/mol. The van der Waals surface area contributed by atoms with Crippen molar-refractivity contribution in [3.05, 3.63) is 81.6 Å². The van der Waals surface area contributed by atoms with Crippen LogP contribution in [0.4, 0.5) is 13.2 Å². The predicted octanol–water partition coefficient (Wildman–Crippen LogP) is 6.04. The van der Waals surface area contributed by atoms with Crippen LogP contribution in [0.15, 0.2) is 54.7 Å². The zero-order chi connectivity index (χ0) is 20.7. The van der Waals surface area contributed by atoms with Gasteiger partial charge in [-0.2, -0.15) is 18.3 Å². The number of benzene rings is 2. The van der Waals surface area contributed by atoms with Gasteiger partial charge < -0.3 is 5.11 Å². The molecule has 0 radical (unpaired) electrons. The number of hydrogen-bond donors (Lipinski definition) is 1. The minimum absolute atomic E-state index is 0.0516. The Kier molecular flexibility index (Phi) is 5.49. The summed E-state index contributed by atoms with van der Waals surface area (Å²) in [7, 11) is 0. The average Bonchev–Trinajstić information content (AvgIpc) is 3.02. The van der Waals surface area contributed by atoms with E-state index in [2.05, 4.69) is 5.10 Å². The second-order valence-electron chi connectivity index (χ2n) is 6.54. The van der Waals surface area contributed by atoms with Gasteiger partial charge in [0.2, 0.25) is 0 Å². The Morgan fingerprint density at radius 2 is 1.71 bits per heavy atom. The maximum Gasteiger partial charge on any atom is 0.422 e. The van der Waals surface area contributed by atoms with Crippen molar-refractivity contribution in [3.63, 3.8) is 0 Å². The van der Waals surface area contributed by atoms with Gasteiger partial charge in [0, 0.05) is 27.2 Å². The maximum atomic E-state index is 14.2. The van der Waals surface area contributed by atoms with E-state index in [1.807, 2.05) is 0 Å². The highest BCUT2D eigenvalue weighted by molar-refractivity contribution is 6.35.